The minimum absolute atomic E-state index is 0.754. The molecule has 1 nitrogen and oxygen atoms in total. The Morgan fingerprint density at radius 3 is 2.81 bits per heavy atom. The van der Waals surface area contributed by atoms with Crippen molar-refractivity contribution in [1.29, 1.82) is 0 Å². The van der Waals surface area contributed by atoms with Crippen molar-refractivity contribution >= 4 is 0 Å². The van der Waals surface area contributed by atoms with Crippen molar-refractivity contribution in [1.82, 2.24) is 5.32 Å². The highest BCUT2D eigenvalue weighted by atomic mass is 14.9. The lowest BCUT2D eigenvalue weighted by Crippen LogP contribution is -2.29. The highest BCUT2D eigenvalue weighted by molar-refractivity contribution is 4.91. The Hall–Kier alpha value is -0.300. The van der Waals surface area contributed by atoms with Crippen LogP contribution in [0.4, 0.5) is 0 Å². The smallest absolute Gasteiger partial charge is 0.00669 e. The molecule has 0 amide bonds. The van der Waals surface area contributed by atoms with Crippen LogP contribution >= 0.6 is 0 Å². The van der Waals surface area contributed by atoms with Crippen LogP contribution in [0.3, 0.4) is 0 Å². The van der Waals surface area contributed by atoms with Gasteiger partial charge in [-0.1, -0.05) is 12.5 Å². The Kier molecular flexibility index (Phi) is 4.45. The van der Waals surface area contributed by atoms with Gasteiger partial charge in [0.2, 0.25) is 0 Å². The molecule has 0 radical (unpaired) electrons. The molecule has 0 spiro atoms. The predicted octanol–water partition coefficient (Wildman–Crippen LogP) is 3.76. The number of hydrogen-bond donors (Lipinski definition) is 1. The third-order valence-electron chi connectivity index (χ3n) is 4.84. The molecule has 2 aliphatic rings. The molecule has 0 aliphatic heterocycles. The molecule has 1 N–H and O–H groups in total. The van der Waals surface area contributed by atoms with Crippen molar-refractivity contribution in [3.8, 4) is 0 Å². The molecule has 2 fully saturated rings. The lowest BCUT2D eigenvalue weighted by molar-refractivity contribution is 0.275. The molecule has 92 valence electrons. The van der Waals surface area contributed by atoms with E-state index in [0.29, 0.717) is 0 Å². The average molecular weight is 221 g/mol. The van der Waals surface area contributed by atoms with E-state index in [0.717, 1.165) is 23.8 Å². The second-order valence-corrected chi connectivity index (χ2v) is 5.88. The zero-order valence-electron chi connectivity index (χ0n) is 10.8. The van der Waals surface area contributed by atoms with Crippen molar-refractivity contribution in [2.75, 3.05) is 7.05 Å². The van der Waals surface area contributed by atoms with Crippen molar-refractivity contribution in [2.24, 2.45) is 17.8 Å². The van der Waals surface area contributed by atoms with Crippen LogP contribution in [-0.4, -0.2) is 13.1 Å². The molecule has 0 saturated heterocycles. The Morgan fingerprint density at radius 2 is 2.25 bits per heavy atom. The van der Waals surface area contributed by atoms with Crippen LogP contribution in [-0.2, 0) is 0 Å². The molecule has 2 rings (SSSR count). The quantitative estimate of drug-likeness (QED) is 0.510. The summed E-state index contributed by atoms with van der Waals surface area (Å²) in [4.78, 5) is 0. The number of rotatable bonds is 7. The molecule has 0 heterocycles. The summed E-state index contributed by atoms with van der Waals surface area (Å²) in [6.45, 7) is 3.80. The first-order valence-corrected chi connectivity index (χ1v) is 7.11. The highest BCUT2D eigenvalue weighted by Crippen LogP contribution is 2.50. The van der Waals surface area contributed by atoms with Gasteiger partial charge in [0, 0.05) is 6.04 Å². The Labute approximate surface area is 101 Å². The van der Waals surface area contributed by atoms with Crippen molar-refractivity contribution in [2.45, 2.75) is 57.4 Å². The largest absolute Gasteiger partial charge is 0.317 e. The van der Waals surface area contributed by atoms with Gasteiger partial charge in [0.25, 0.3) is 0 Å². The molecule has 0 aromatic carbocycles. The molecule has 4 atom stereocenters. The van der Waals surface area contributed by atoms with Gasteiger partial charge in [-0.25, -0.2) is 0 Å². The molecule has 4 unspecified atom stereocenters. The Bertz CT molecular complexity index is 223. The van der Waals surface area contributed by atoms with Crippen LogP contribution in [0, 0.1) is 17.8 Å². The van der Waals surface area contributed by atoms with Crippen LogP contribution in [0.15, 0.2) is 12.7 Å². The summed E-state index contributed by atoms with van der Waals surface area (Å²) in [5.74, 6) is 3.22. The third-order valence-corrected chi connectivity index (χ3v) is 4.84. The normalized spacial score (nSPS) is 34.2. The van der Waals surface area contributed by atoms with E-state index in [1.54, 1.807) is 6.42 Å². The zero-order valence-corrected chi connectivity index (χ0v) is 10.8. The molecule has 16 heavy (non-hydrogen) atoms. The summed E-state index contributed by atoms with van der Waals surface area (Å²) >= 11 is 0. The summed E-state index contributed by atoms with van der Waals surface area (Å²) in [7, 11) is 2.13. The number of fused-ring (bicyclic) bond motifs is 2. The summed E-state index contributed by atoms with van der Waals surface area (Å²) in [5, 5.41) is 3.51. The van der Waals surface area contributed by atoms with Gasteiger partial charge in [-0.3, -0.25) is 0 Å². The maximum absolute atomic E-state index is 3.80. The molecule has 0 aromatic heterocycles. The fourth-order valence-electron chi connectivity index (χ4n) is 3.92. The highest BCUT2D eigenvalue weighted by Gasteiger charge is 2.39. The Balaban J connectivity index is 1.71. The first kappa shape index (κ1) is 12.2. The molecule has 2 aliphatic carbocycles. The lowest BCUT2D eigenvalue weighted by atomic mass is 9.83. The number of unbranched alkanes of at least 4 members (excludes halogenated alkanes) is 1. The van der Waals surface area contributed by atoms with Gasteiger partial charge in [0.05, 0.1) is 0 Å². The SMILES string of the molecule is C=CCCCC(CC1CC2CCC1C2)NC. The molecular weight excluding hydrogens is 194 g/mol. The first-order chi connectivity index (χ1) is 7.83. The van der Waals surface area contributed by atoms with E-state index < -0.39 is 0 Å². The second kappa shape index (κ2) is 5.86. The fraction of sp³-hybridized carbons (Fsp3) is 0.867. The predicted molar refractivity (Wildman–Crippen MR) is 70.5 cm³/mol. The lowest BCUT2D eigenvalue weighted by Gasteiger charge is -2.26. The van der Waals surface area contributed by atoms with Gasteiger partial charge in [-0.05, 0) is 69.7 Å². The van der Waals surface area contributed by atoms with E-state index in [9.17, 15) is 0 Å². The molecular formula is C15H27N. The van der Waals surface area contributed by atoms with Gasteiger partial charge in [-0.15, -0.1) is 6.58 Å². The van der Waals surface area contributed by atoms with Crippen molar-refractivity contribution < 1.29 is 0 Å². The maximum Gasteiger partial charge on any atom is 0.00669 e. The molecule has 1 heteroatoms. The van der Waals surface area contributed by atoms with Gasteiger partial charge in [-0.2, -0.15) is 0 Å². The van der Waals surface area contributed by atoms with E-state index in [2.05, 4.69) is 18.9 Å². The summed E-state index contributed by atoms with van der Waals surface area (Å²) in [6, 6.07) is 0.754. The number of hydrogen-bond acceptors (Lipinski definition) is 1. The van der Waals surface area contributed by atoms with E-state index >= 15 is 0 Å². The van der Waals surface area contributed by atoms with E-state index in [4.69, 9.17) is 0 Å². The number of allylic oxidation sites excluding steroid dienone is 1. The van der Waals surface area contributed by atoms with Crippen LogP contribution in [0.25, 0.3) is 0 Å². The van der Waals surface area contributed by atoms with Crippen molar-refractivity contribution in [3.05, 3.63) is 12.7 Å². The fourth-order valence-corrected chi connectivity index (χ4v) is 3.92. The number of nitrogens with one attached hydrogen (secondary N) is 1. The topological polar surface area (TPSA) is 12.0 Å². The Morgan fingerprint density at radius 1 is 1.38 bits per heavy atom. The first-order valence-electron chi connectivity index (χ1n) is 7.11. The van der Waals surface area contributed by atoms with Gasteiger partial charge in [0.15, 0.2) is 0 Å². The molecule has 0 aromatic rings. The van der Waals surface area contributed by atoms with Gasteiger partial charge in [0.1, 0.15) is 0 Å². The van der Waals surface area contributed by atoms with Crippen LogP contribution in [0.1, 0.15) is 51.4 Å². The molecule has 2 bridgehead atoms. The third kappa shape index (κ3) is 2.88. The molecule has 2 saturated carbocycles. The van der Waals surface area contributed by atoms with Gasteiger partial charge >= 0.3 is 0 Å². The minimum atomic E-state index is 0.754. The monoisotopic (exact) mass is 221 g/mol. The van der Waals surface area contributed by atoms with Crippen molar-refractivity contribution in [3.63, 3.8) is 0 Å². The minimum Gasteiger partial charge on any atom is -0.317 e. The van der Waals surface area contributed by atoms with Crippen LogP contribution in [0.5, 0.6) is 0 Å². The van der Waals surface area contributed by atoms with Crippen LogP contribution < -0.4 is 5.32 Å². The summed E-state index contributed by atoms with van der Waals surface area (Å²) < 4.78 is 0. The average Bonchev–Trinajstić information content (AvgIpc) is 2.89. The second-order valence-electron chi connectivity index (χ2n) is 5.88. The van der Waals surface area contributed by atoms with E-state index in [1.807, 2.05) is 6.08 Å². The van der Waals surface area contributed by atoms with Gasteiger partial charge < -0.3 is 5.32 Å². The maximum atomic E-state index is 3.80. The summed E-state index contributed by atoms with van der Waals surface area (Å²) in [6.07, 6.45) is 13.4. The summed E-state index contributed by atoms with van der Waals surface area (Å²) in [5.41, 5.74) is 0. The van der Waals surface area contributed by atoms with E-state index in [1.165, 1.54) is 44.9 Å². The van der Waals surface area contributed by atoms with E-state index in [-0.39, 0.29) is 0 Å². The van der Waals surface area contributed by atoms with Crippen LogP contribution in [0.2, 0.25) is 0 Å². The standard InChI is InChI=1S/C15H27N/c1-3-4-5-6-15(16-2)11-14-10-12-7-8-13(14)9-12/h3,12-16H,1,4-11H2,2H3. The zero-order chi connectivity index (χ0) is 11.4.